The fourth-order valence-electron chi connectivity index (χ4n) is 2.22. The van der Waals surface area contributed by atoms with Crippen molar-refractivity contribution in [1.82, 2.24) is 16.0 Å². The first-order valence-electron chi connectivity index (χ1n) is 8.59. The van der Waals surface area contributed by atoms with Gasteiger partial charge in [0.1, 0.15) is 18.1 Å². The van der Waals surface area contributed by atoms with Crippen LogP contribution >= 0.6 is 0 Å². The zero-order valence-electron chi connectivity index (χ0n) is 15.9. The van der Waals surface area contributed by atoms with E-state index in [2.05, 4.69) is 5.32 Å². The van der Waals surface area contributed by atoms with Gasteiger partial charge in [0.15, 0.2) is 0 Å². The van der Waals surface area contributed by atoms with Gasteiger partial charge < -0.3 is 36.4 Å². The molecule has 0 saturated heterocycles. The molecule has 14 nitrogen and oxygen atoms in total. The molecular weight excluding hydrogens is 410 g/mol. The lowest BCUT2D eigenvalue weighted by molar-refractivity contribution is -0.145. The van der Waals surface area contributed by atoms with Gasteiger partial charge in [-0.1, -0.05) is 0 Å². The summed E-state index contributed by atoms with van der Waals surface area (Å²) >= 11 is 0. The van der Waals surface area contributed by atoms with Crippen molar-refractivity contribution in [1.29, 1.82) is 0 Å². The standard InChI is InChI=1S/C16H23N3O11/c1-7(20)17-10(14(26)19-9(16(29)30)3-5-13(24)25)6-11(21)18-8(15(27)28)2-4-12(22)23/h8-10H,2-6H2,1H3,(H,17,20)(H,18,21)(H,19,26)(H,22,23)(H,24,25)(H,27,28)(H,29,30)/t8-,9?,10?/m0/s1. The molecule has 0 saturated carbocycles. The molecule has 0 aromatic heterocycles. The van der Waals surface area contributed by atoms with Gasteiger partial charge in [0.05, 0.1) is 6.42 Å². The van der Waals surface area contributed by atoms with E-state index in [0.29, 0.717) is 0 Å². The average molecular weight is 433 g/mol. The van der Waals surface area contributed by atoms with Crippen LogP contribution in [0.3, 0.4) is 0 Å². The van der Waals surface area contributed by atoms with Crippen LogP contribution < -0.4 is 16.0 Å². The first-order chi connectivity index (χ1) is 13.8. The number of carbonyl (C=O) groups is 7. The van der Waals surface area contributed by atoms with Crippen LogP contribution in [0.5, 0.6) is 0 Å². The molecule has 0 spiro atoms. The summed E-state index contributed by atoms with van der Waals surface area (Å²) in [5, 5.41) is 41.5. The molecule has 0 aromatic rings. The topological polar surface area (TPSA) is 236 Å². The van der Waals surface area contributed by atoms with Crippen molar-refractivity contribution in [2.24, 2.45) is 0 Å². The minimum absolute atomic E-state index is 0.427. The zero-order valence-corrected chi connectivity index (χ0v) is 15.9. The summed E-state index contributed by atoms with van der Waals surface area (Å²) in [6, 6.07) is -4.74. The number of carbonyl (C=O) groups excluding carboxylic acids is 3. The lowest BCUT2D eigenvalue weighted by atomic mass is 10.1. The van der Waals surface area contributed by atoms with Crippen LogP contribution in [0.1, 0.15) is 39.0 Å². The van der Waals surface area contributed by atoms with Gasteiger partial charge in [0, 0.05) is 19.8 Å². The van der Waals surface area contributed by atoms with Gasteiger partial charge in [0.2, 0.25) is 17.7 Å². The third-order valence-electron chi connectivity index (χ3n) is 3.63. The first kappa shape index (κ1) is 26.3. The van der Waals surface area contributed by atoms with Gasteiger partial charge in [-0.15, -0.1) is 0 Å². The van der Waals surface area contributed by atoms with E-state index in [1.54, 1.807) is 0 Å². The molecular formula is C16H23N3O11. The minimum atomic E-state index is -1.60. The van der Waals surface area contributed by atoms with Crippen molar-refractivity contribution < 1.29 is 54.0 Å². The summed E-state index contributed by atoms with van der Waals surface area (Å²) in [4.78, 5) is 79.1. The fourth-order valence-corrected chi connectivity index (χ4v) is 2.22. The molecule has 0 aliphatic carbocycles. The summed E-state index contributed by atoms with van der Waals surface area (Å²) in [6.07, 6.45) is -2.76. The van der Waals surface area contributed by atoms with E-state index >= 15 is 0 Å². The van der Waals surface area contributed by atoms with Crippen molar-refractivity contribution in [2.45, 2.75) is 57.2 Å². The molecule has 7 N–H and O–H groups in total. The molecule has 0 aliphatic heterocycles. The van der Waals surface area contributed by atoms with Crippen LogP contribution in [-0.4, -0.2) is 80.2 Å². The van der Waals surface area contributed by atoms with Crippen molar-refractivity contribution in [2.75, 3.05) is 0 Å². The fraction of sp³-hybridized carbons (Fsp3) is 0.562. The smallest absolute Gasteiger partial charge is 0.326 e. The van der Waals surface area contributed by atoms with E-state index in [4.69, 9.17) is 20.4 Å². The van der Waals surface area contributed by atoms with Crippen LogP contribution in [0.15, 0.2) is 0 Å². The third kappa shape index (κ3) is 11.2. The second-order valence-electron chi connectivity index (χ2n) is 6.18. The highest BCUT2D eigenvalue weighted by atomic mass is 16.4. The van der Waals surface area contributed by atoms with Crippen molar-refractivity contribution >= 4 is 41.6 Å². The van der Waals surface area contributed by atoms with Crippen LogP contribution in [0.25, 0.3) is 0 Å². The van der Waals surface area contributed by atoms with E-state index in [-0.39, 0.29) is 0 Å². The molecule has 0 rings (SSSR count). The van der Waals surface area contributed by atoms with E-state index in [9.17, 15) is 33.6 Å². The van der Waals surface area contributed by atoms with Crippen molar-refractivity contribution in [3.63, 3.8) is 0 Å². The molecule has 3 amide bonds. The van der Waals surface area contributed by atoms with E-state index in [1.807, 2.05) is 10.6 Å². The van der Waals surface area contributed by atoms with Crippen LogP contribution in [-0.2, 0) is 33.6 Å². The Hall–Kier alpha value is -3.71. The molecule has 0 heterocycles. The highest BCUT2D eigenvalue weighted by Gasteiger charge is 2.29. The lowest BCUT2D eigenvalue weighted by Gasteiger charge is -2.21. The summed E-state index contributed by atoms with van der Waals surface area (Å²) in [5.41, 5.74) is 0. The second-order valence-corrected chi connectivity index (χ2v) is 6.18. The Labute approximate surface area is 169 Å². The van der Waals surface area contributed by atoms with Crippen molar-refractivity contribution in [3.05, 3.63) is 0 Å². The summed E-state index contributed by atoms with van der Waals surface area (Å²) in [7, 11) is 0. The quantitative estimate of drug-likeness (QED) is 0.154. The molecule has 168 valence electrons. The molecule has 30 heavy (non-hydrogen) atoms. The SMILES string of the molecule is CC(=O)NC(CC(=O)N[C@@H](CCC(=O)O)C(=O)O)C(=O)NC(CCC(=O)O)C(=O)O. The number of hydrogen-bond donors (Lipinski definition) is 7. The van der Waals surface area contributed by atoms with Crippen LogP contribution in [0.2, 0.25) is 0 Å². The third-order valence-corrected chi connectivity index (χ3v) is 3.63. The van der Waals surface area contributed by atoms with E-state index in [0.717, 1.165) is 6.92 Å². The number of nitrogens with one attached hydrogen (secondary N) is 3. The number of carboxylic acid groups (broad SMARTS) is 4. The minimum Gasteiger partial charge on any atom is -0.481 e. The monoisotopic (exact) mass is 433 g/mol. The molecule has 0 aromatic carbocycles. The summed E-state index contributed by atoms with van der Waals surface area (Å²) in [5.74, 6) is -8.49. The molecule has 0 radical (unpaired) electrons. The largest absolute Gasteiger partial charge is 0.481 e. The first-order valence-corrected chi connectivity index (χ1v) is 8.59. The highest BCUT2D eigenvalue weighted by molar-refractivity contribution is 5.94. The molecule has 0 bridgehead atoms. The maximum absolute atomic E-state index is 12.3. The van der Waals surface area contributed by atoms with Gasteiger partial charge in [-0.2, -0.15) is 0 Å². The van der Waals surface area contributed by atoms with Crippen LogP contribution in [0, 0.1) is 0 Å². The predicted molar refractivity (Wildman–Crippen MR) is 95.1 cm³/mol. The van der Waals surface area contributed by atoms with Gasteiger partial charge >= 0.3 is 23.9 Å². The Morgan fingerprint density at radius 1 is 0.667 bits per heavy atom. The molecule has 0 aliphatic rings. The molecule has 0 fully saturated rings. The predicted octanol–water partition coefficient (Wildman–Crippen LogP) is -2.25. The number of rotatable bonds is 14. The Balaban J connectivity index is 5.17. The van der Waals surface area contributed by atoms with Gasteiger partial charge in [-0.3, -0.25) is 24.0 Å². The highest BCUT2D eigenvalue weighted by Crippen LogP contribution is 2.03. The van der Waals surface area contributed by atoms with Crippen LogP contribution in [0.4, 0.5) is 0 Å². The number of amides is 3. The van der Waals surface area contributed by atoms with Gasteiger partial charge in [-0.05, 0) is 12.8 Å². The number of carboxylic acids is 4. The Kier molecular flexibility index (Phi) is 11.1. The molecule has 14 heteroatoms. The molecule has 3 atom stereocenters. The average Bonchev–Trinajstić information content (AvgIpc) is 2.59. The van der Waals surface area contributed by atoms with Gasteiger partial charge in [-0.25, -0.2) is 9.59 Å². The Morgan fingerprint density at radius 3 is 1.47 bits per heavy atom. The maximum atomic E-state index is 12.3. The summed E-state index contributed by atoms with van der Waals surface area (Å²) in [6.45, 7) is 1.02. The van der Waals surface area contributed by atoms with Crippen molar-refractivity contribution in [3.8, 4) is 0 Å². The van der Waals surface area contributed by atoms with E-state index < -0.39 is 91.8 Å². The van der Waals surface area contributed by atoms with Gasteiger partial charge in [0.25, 0.3) is 0 Å². The normalized spacial score (nSPS) is 13.2. The second kappa shape index (κ2) is 12.7. The zero-order chi connectivity index (χ0) is 23.4. The maximum Gasteiger partial charge on any atom is 0.326 e. The van der Waals surface area contributed by atoms with E-state index in [1.165, 1.54) is 0 Å². The number of hydrogen-bond acceptors (Lipinski definition) is 7. The number of aliphatic carboxylic acids is 4. The Morgan fingerprint density at radius 2 is 1.10 bits per heavy atom. The summed E-state index contributed by atoms with van der Waals surface area (Å²) < 4.78 is 0. The lowest BCUT2D eigenvalue weighted by Crippen LogP contribution is -2.53. The Bertz CT molecular complexity index is 707. The molecule has 2 unspecified atom stereocenters.